The molecular weight excluding hydrogens is 368 g/mol. The van der Waals surface area contributed by atoms with Crippen LogP contribution in [-0.4, -0.2) is 18.2 Å². The molecule has 0 radical (unpaired) electrons. The fourth-order valence-corrected chi connectivity index (χ4v) is 3.35. The van der Waals surface area contributed by atoms with E-state index in [2.05, 4.69) is 38.6 Å². The highest BCUT2D eigenvalue weighted by molar-refractivity contribution is 9.10. The lowest BCUT2D eigenvalue weighted by atomic mass is 9.90. The monoisotopic (exact) mass is 386 g/mol. The van der Waals surface area contributed by atoms with Gasteiger partial charge in [-0.1, -0.05) is 30.3 Å². The molecule has 0 aromatic heterocycles. The summed E-state index contributed by atoms with van der Waals surface area (Å²) in [7, 11) is 0. The van der Waals surface area contributed by atoms with Gasteiger partial charge < -0.3 is 4.74 Å². The standard InChI is InChI=1S/C19H19BrN2O2/c1-13-9-10-18(16(20)11-13)24-12-19(23)22-21-17-8-4-6-14-5-2-3-7-15(14)17/h2-3,5,7,9-11H,4,6,8,12H2,1H3,(H,22,23). The Kier molecular flexibility index (Phi) is 5.30. The van der Waals surface area contributed by atoms with Crippen molar-refractivity contribution < 1.29 is 9.53 Å². The Labute approximate surface area is 150 Å². The lowest BCUT2D eigenvalue weighted by Gasteiger charge is -2.17. The van der Waals surface area contributed by atoms with Gasteiger partial charge in [0, 0.05) is 5.56 Å². The number of carbonyl (C=O) groups is 1. The number of amides is 1. The molecule has 2 aromatic carbocycles. The molecule has 0 bridgehead atoms. The number of carbonyl (C=O) groups excluding carboxylic acids is 1. The Morgan fingerprint density at radius 1 is 1.25 bits per heavy atom. The largest absolute Gasteiger partial charge is 0.483 e. The minimum Gasteiger partial charge on any atom is -0.483 e. The molecule has 0 saturated heterocycles. The van der Waals surface area contributed by atoms with E-state index in [0.717, 1.165) is 40.6 Å². The van der Waals surface area contributed by atoms with Gasteiger partial charge in [-0.15, -0.1) is 0 Å². The van der Waals surface area contributed by atoms with Crippen molar-refractivity contribution in [2.45, 2.75) is 26.2 Å². The third-order valence-electron chi connectivity index (χ3n) is 3.95. The summed E-state index contributed by atoms with van der Waals surface area (Å²) in [6.07, 6.45) is 2.99. The second kappa shape index (κ2) is 7.62. The number of benzene rings is 2. The average molecular weight is 387 g/mol. The van der Waals surface area contributed by atoms with Crippen LogP contribution in [-0.2, 0) is 11.2 Å². The van der Waals surface area contributed by atoms with Crippen LogP contribution < -0.4 is 10.2 Å². The highest BCUT2D eigenvalue weighted by atomic mass is 79.9. The summed E-state index contributed by atoms with van der Waals surface area (Å²) in [6.45, 7) is 1.93. The Hall–Kier alpha value is -2.14. The summed E-state index contributed by atoms with van der Waals surface area (Å²) in [5.74, 6) is 0.379. The van der Waals surface area contributed by atoms with Crippen molar-refractivity contribution >= 4 is 27.5 Å². The fourth-order valence-electron chi connectivity index (χ4n) is 2.75. The second-order valence-electron chi connectivity index (χ2n) is 5.83. The van der Waals surface area contributed by atoms with E-state index in [1.165, 1.54) is 5.56 Å². The van der Waals surface area contributed by atoms with Crippen LogP contribution in [0.25, 0.3) is 0 Å². The molecule has 3 rings (SSSR count). The van der Waals surface area contributed by atoms with Crippen molar-refractivity contribution in [1.29, 1.82) is 0 Å². The smallest absolute Gasteiger partial charge is 0.277 e. The zero-order chi connectivity index (χ0) is 16.9. The van der Waals surface area contributed by atoms with Gasteiger partial charge in [0.25, 0.3) is 5.91 Å². The van der Waals surface area contributed by atoms with Crippen molar-refractivity contribution in [3.63, 3.8) is 0 Å². The molecule has 124 valence electrons. The molecule has 1 aliphatic rings. The van der Waals surface area contributed by atoms with Gasteiger partial charge in [0.2, 0.25) is 0 Å². The SMILES string of the molecule is Cc1ccc(OCC(=O)NN=C2CCCc3ccccc32)c(Br)c1. The topological polar surface area (TPSA) is 50.7 Å². The van der Waals surface area contributed by atoms with Crippen LogP contribution in [0.5, 0.6) is 5.75 Å². The highest BCUT2D eigenvalue weighted by Gasteiger charge is 2.15. The molecule has 0 aliphatic heterocycles. The summed E-state index contributed by atoms with van der Waals surface area (Å²) in [6, 6.07) is 13.9. The predicted octanol–water partition coefficient (Wildman–Crippen LogP) is 3.99. The number of nitrogens with zero attached hydrogens (tertiary/aromatic N) is 1. The highest BCUT2D eigenvalue weighted by Crippen LogP contribution is 2.25. The van der Waals surface area contributed by atoms with Crippen molar-refractivity contribution in [2.75, 3.05) is 6.61 Å². The second-order valence-corrected chi connectivity index (χ2v) is 6.68. The molecule has 0 saturated carbocycles. The van der Waals surface area contributed by atoms with Crippen LogP contribution in [0.3, 0.4) is 0 Å². The molecule has 2 aromatic rings. The molecular formula is C19H19BrN2O2. The fraction of sp³-hybridized carbons (Fsp3) is 0.263. The van der Waals surface area contributed by atoms with Gasteiger partial charge in [0.15, 0.2) is 6.61 Å². The third kappa shape index (κ3) is 4.03. The number of nitrogens with one attached hydrogen (secondary N) is 1. The van der Waals surface area contributed by atoms with Crippen molar-refractivity contribution in [1.82, 2.24) is 5.43 Å². The van der Waals surface area contributed by atoms with Crippen molar-refractivity contribution in [3.8, 4) is 5.75 Å². The van der Waals surface area contributed by atoms with Gasteiger partial charge in [0.05, 0.1) is 10.2 Å². The lowest BCUT2D eigenvalue weighted by Crippen LogP contribution is -2.27. The van der Waals surface area contributed by atoms with E-state index < -0.39 is 0 Å². The third-order valence-corrected chi connectivity index (χ3v) is 4.57. The van der Waals surface area contributed by atoms with Gasteiger partial charge in [-0.25, -0.2) is 5.43 Å². The normalized spacial score (nSPS) is 15.0. The van der Waals surface area contributed by atoms with E-state index in [4.69, 9.17) is 4.74 Å². The van der Waals surface area contributed by atoms with Crippen LogP contribution in [0.1, 0.15) is 29.5 Å². The minimum atomic E-state index is -0.266. The molecule has 5 heteroatoms. The zero-order valence-electron chi connectivity index (χ0n) is 13.5. The number of ether oxygens (including phenoxy) is 1. The average Bonchev–Trinajstić information content (AvgIpc) is 2.59. The van der Waals surface area contributed by atoms with E-state index in [9.17, 15) is 4.79 Å². The number of hydrazone groups is 1. The first kappa shape index (κ1) is 16.7. The molecule has 24 heavy (non-hydrogen) atoms. The number of aryl methyl sites for hydroxylation is 2. The van der Waals surface area contributed by atoms with Crippen LogP contribution in [0.15, 0.2) is 52.0 Å². The van der Waals surface area contributed by atoms with Crippen LogP contribution in [0, 0.1) is 6.92 Å². The quantitative estimate of drug-likeness (QED) is 0.807. The molecule has 0 unspecified atom stereocenters. The lowest BCUT2D eigenvalue weighted by molar-refractivity contribution is -0.123. The Morgan fingerprint density at radius 3 is 2.92 bits per heavy atom. The zero-order valence-corrected chi connectivity index (χ0v) is 15.1. The number of hydrogen-bond acceptors (Lipinski definition) is 3. The molecule has 0 fully saturated rings. The Bertz CT molecular complexity index is 787. The molecule has 1 amide bonds. The Morgan fingerprint density at radius 2 is 2.08 bits per heavy atom. The first-order valence-corrected chi connectivity index (χ1v) is 8.75. The van der Waals surface area contributed by atoms with Gasteiger partial charge in [-0.3, -0.25) is 4.79 Å². The van der Waals surface area contributed by atoms with E-state index in [0.29, 0.717) is 5.75 Å². The van der Waals surface area contributed by atoms with Gasteiger partial charge >= 0.3 is 0 Å². The summed E-state index contributed by atoms with van der Waals surface area (Å²) >= 11 is 3.43. The minimum absolute atomic E-state index is 0.0694. The summed E-state index contributed by atoms with van der Waals surface area (Å²) in [5.41, 5.74) is 7.08. The molecule has 1 N–H and O–H groups in total. The van der Waals surface area contributed by atoms with E-state index in [1.54, 1.807) is 0 Å². The maximum absolute atomic E-state index is 12.0. The van der Waals surface area contributed by atoms with Crippen LogP contribution in [0.2, 0.25) is 0 Å². The van der Waals surface area contributed by atoms with E-state index in [-0.39, 0.29) is 12.5 Å². The summed E-state index contributed by atoms with van der Waals surface area (Å²) in [4.78, 5) is 12.0. The molecule has 0 atom stereocenters. The number of halogens is 1. The number of fused-ring (bicyclic) bond motifs is 1. The number of hydrogen-bond donors (Lipinski definition) is 1. The maximum Gasteiger partial charge on any atom is 0.277 e. The van der Waals surface area contributed by atoms with Gasteiger partial charge in [0.1, 0.15) is 5.75 Å². The molecule has 0 heterocycles. The first-order valence-electron chi connectivity index (χ1n) is 7.96. The van der Waals surface area contributed by atoms with Crippen LogP contribution >= 0.6 is 15.9 Å². The van der Waals surface area contributed by atoms with Crippen LogP contribution in [0.4, 0.5) is 0 Å². The van der Waals surface area contributed by atoms with E-state index in [1.807, 2.05) is 37.3 Å². The number of rotatable bonds is 4. The first-order chi connectivity index (χ1) is 11.6. The molecule has 4 nitrogen and oxygen atoms in total. The van der Waals surface area contributed by atoms with Gasteiger partial charge in [-0.2, -0.15) is 5.10 Å². The molecule has 1 aliphatic carbocycles. The van der Waals surface area contributed by atoms with Crippen molar-refractivity contribution in [3.05, 3.63) is 63.6 Å². The van der Waals surface area contributed by atoms with Gasteiger partial charge in [-0.05, 0) is 65.4 Å². The van der Waals surface area contributed by atoms with E-state index >= 15 is 0 Å². The Balaban J connectivity index is 1.60. The summed E-state index contributed by atoms with van der Waals surface area (Å²) in [5, 5.41) is 4.30. The predicted molar refractivity (Wildman–Crippen MR) is 98.4 cm³/mol. The van der Waals surface area contributed by atoms with Crippen molar-refractivity contribution in [2.24, 2.45) is 5.10 Å². The maximum atomic E-state index is 12.0. The summed E-state index contributed by atoms with van der Waals surface area (Å²) < 4.78 is 6.37. The molecule has 0 spiro atoms.